The molecule has 0 bridgehead atoms. The summed E-state index contributed by atoms with van der Waals surface area (Å²) in [4.78, 5) is 17.6. The molecule has 1 aliphatic heterocycles. The van der Waals surface area contributed by atoms with Gasteiger partial charge in [0.25, 0.3) is 0 Å². The third-order valence-electron chi connectivity index (χ3n) is 4.39. The van der Waals surface area contributed by atoms with E-state index in [1.54, 1.807) is 0 Å². The standard InChI is InChI=1S/C18H28N2O3/c1-17(2,3)14-6-13(8-19-9-14)10-20-11-15(7-16(21)22)23-12-18(20,4)5/h6,8-9,15H,7,10-12H2,1-5H3,(H,21,22). The molecule has 5 nitrogen and oxygen atoms in total. The van der Waals surface area contributed by atoms with Crippen molar-refractivity contribution < 1.29 is 14.6 Å². The second-order valence-electron chi connectivity index (χ2n) is 8.06. The molecule has 1 unspecified atom stereocenters. The van der Waals surface area contributed by atoms with Crippen LogP contribution in [0.25, 0.3) is 0 Å². The molecule has 5 heteroatoms. The molecule has 0 saturated carbocycles. The van der Waals surface area contributed by atoms with E-state index in [1.165, 1.54) is 5.56 Å². The number of carbonyl (C=O) groups is 1. The highest BCUT2D eigenvalue weighted by molar-refractivity contribution is 5.67. The third kappa shape index (κ3) is 4.75. The average molecular weight is 320 g/mol. The van der Waals surface area contributed by atoms with Gasteiger partial charge in [0.05, 0.1) is 19.1 Å². The molecule has 1 aromatic heterocycles. The van der Waals surface area contributed by atoms with Crippen LogP contribution in [-0.2, 0) is 21.5 Å². The van der Waals surface area contributed by atoms with E-state index in [0.717, 1.165) is 12.1 Å². The third-order valence-corrected chi connectivity index (χ3v) is 4.39. The fourth-order valence-electron chi connectivity index (χ4n) is 2.76. The number of aliphatic carboxylic acids is 1. The highest BCUT2D eigenvalue weighted by Crippen LogP contribution is 2.27. The van der Waals surface area contributed by atoms with Crippen LogP contribution in [0.5, 0.6) is 0 Å². The lowest BCUT2D eigenvalue weighted by Gasteiger charge is -2.45. The molecule has 1 atom stereocenters. The van der Waals surface area contributed by atoms with E-state index in [-0.39, 0.29) is 23.5 Å². The second kappa shape index (κ2) is 6.57. The number of nitrogens with zero attached hydrogens (tertiary/aromatic N) is 2. The van der Waals surface area contributed by atoms with Crippen LogP contribution in [0.1, 0.15) is 52.2 Å². The molecule has 0 amide bonds. The van der Waals surface area contributed by atoms with Gasteiger partial charge >= 0.3 is 5.97 Å². The zero-order chi connectivity index (χ0) is 17.3. The van der Waals surface area contributed by atoms with Gasteiger partial charge in [0.15, 0.2) is 0 Å². The molecule has 2 rings (SSSR count). The predicted molar refractivity (Wildman–Crippen MR) is 89.4 cm³/mol. The molecule has 1 aliphatic rings. The normalized spacial score (nSPS) is 22.0. The first-order valence-corrected chi connectivity index (χ1v) is 8.11. The SMILES string of the molecule is CC(C)(C)c1cncc(CN2CC(CC(=O)O)OCC2(C)C)c1. The molecule has 1 fully saturated rings. The van der Waals surface area contributed by atoms with Gasteiger partial charge < -0.3 is 9.84 Å². The van der Waals surface area contributed by atoms with E-state index in [2.05, 4.69) is 50.6 Å². The van der Waals surface area contributed by atoms with Crippen molar-refractivity contribution in [1.29, 1.82) is 0 Å². The van der Waals surface area contributed by atoms with Crippen LogP contribution < -0.4 is 0 Å². The Bertz CT molecular complexity index is 564. The number of morpholine rings is 1. The number of aromatic nitrogens is 1. The van der Waals surface area contributed by atoms with Gasteiger partial charge in [0.1, 0.15) is 0 Å². The Balaban J connectivity index is 2.14. The van der Waals surface area contributed by atoms with Crippen molar-refractivity contribution in [2.24, 2.45) is 0 Å². The maximum Gasteiger partial charge on any atom is 0.306 e. The first kappa shape index (κ1) is 17.9. The van der Waals surface area contributed by atoms with Crippen LogP contribution in [0.2, 0.25) is 0 Å². The molecular weight excluding hydrogens is 292 g/mol. The average Bonchev–Trinajstić information content (AvgIpc) is 2.42. The molecule has 1 N–H and O–H groups in total. The first-order valence-electron chi connectivity index (χ1n) is 8.11. The molecule has 23 heavy (non-hydrogen) atoms. The van der Waals surface area contributed by atoms with E-state index < -0.39 is 5.97 Å². The monoisotopic (exact) mass is 320 g/mol. The van der Waals surface area contributed by atoms with Crippen LogP contribution in [0, 0.1) is 0 Å². The van der Waals surface area contributed by atoms with Gasteiger partial charge in [0, 0.05) is 31.0 Å². The molecule has 2 heterocycles. The minimum absolute atomic E-state index is 0.0485. The Kier molecular flexibility index (Phi) is 5.11. The molecular formula is C18H28N2O3. The summed E-state index contributed by atoms with van der Waals surface area (Å²) in [6.07, 6.45) is 3.61. The Labute approximate surface area is 138 Å². The van der Waals surface area contributed by atoms with Gasteiger partial charge in [-0.15, -0.1) is 0 Å². The van der Waals surface area contributed by atoms with Crippen molar-refractivity contribution in [3.05, 3.63) is 29.6 Å². The minimum atomic E-state index is -0.814. The zero-order valence-corrected chi connectivity index (χ0v) is 14.8. The summed E-state index contributed by atoms with van der Waals surface area (Å²) in [6.45, 7) is 12.7. The topological polar surface area (TPSA) is 62.7 Å². The minimum Gasteiger partial charge on any atom is -0.481 e. The maximum absolute atomic E-state index is 10.9. The smallest absolute Gasteiger partial charge is 0.306 e. The van der Waals surface area contributed by atoms with Gasteiger partial charge in [-0.1, -0.05) is 26.8 Å². The van der Waals surface area contributed by atoms with Gasteiger partial charge in [0.2, 0.25) is 0 Å². The van der Waals surface area contributed by atoms with Crippen molar-refractivity contribution in [1.82, 2.24) is 9.88 Å². The van der Waals surface area contributed by atoms with Crippen LogP contribution in [0.3, 0.4) is 0 Å². The van der Waals surface area contributed by atoms with Crippen LogP contribution in [0.15, 0.2) is 18.5 Å². The molecule has 0 spiro atoms. The lowest BCUT2D eigenvalue weighted by atomic mass is 9.87. The number of hydrogen-bond donors (Lipinski definition) is 1. The Morgan fingerprint density at radius 2 is 2.13 bits per heavy atom. The first-order chi connectivity index (χ1) is 10.6. The van der Waals surface area contributed by atoms with E-state index in [1.807, 2.05) is 12.4 Å². The molecule has 128 valence electrons. The lowest BCUT2D eigenvalue weighted by molar-refractivity contribution is -0.147. The Morgan fingerprint density at radius 1 is 1.43 bits per heavy atom. The van der Waals surface area contributed by atoms with Crippen molar-refractivity contribution in [3.63, 3.8) is 0 Å². The van der Waals surface area contributed by atoms with Crippen LogP contribution in [-0.4, -0.2) is 45.8 Å². The summed E-state index contributed by atoms with van der Waals surface area (Å²) < 4.78 is 5.71. The van der Waals surface area contributed by atoms with Crippen molar-refractivity contribution >= 4 is 5.97 Å². The Morgan fingerprint density at radius 3 is 2.74 bits per heavy atom. The largest absolute Gasteiger partial charge is 0.481 e. The number of carboxylic acid groups (broad SMARTS) is 1. The van der Waals surface area contributed by atoms with E-state index >= 15 is 0 Å². The number of pyridine rings is 1. The van der Waals surface area contributed by atoms with Crippen LogP contribution in [0.4, 0.5) is 0 Å². The van der Waals surface area contributed by atoms with Gasteiger partial charge in [-0.3, -0.25) is 14.7 Å². The van der Waals surface area contributed by atoms with Gasteiger partial charge in [-0.2, -0.15) is 0 Å². The van der Waals surface area contributed by atoms with Gasteiger partial charge in [-0.25, -0.2) is 0 Å². The summed E-state index contributed by atoms with van der Waals surface area (Å²) in [7, 11) is 0. The summed E-state index contributed by atoms with van der Waals surface area (Å²) in [5.74, 6) is -0.814. The van der Waals surface area contributed by atoms with E-state index in [0.29, 0.717) is 13.2 Å². The summed E-state index contributed by atoms with van der Waals surface area (Å²) in [5.41, 5.74) is 2.31. The molecule has 0 aromatic carbocycles. The molecule has 0 radical (unpaired) electrons. The summed E-state index contributed by atoms with van der Waals surface area (Å²) in [5, 5.41) is 8.99. The van der Waals surface area contributed by atoms with E-state index in [4.69, 9.17) is 9.84 Å². The fourth-order valence-corrected chi connectivity index (χ4v) is 2.76. The molecule has 0 aliphatic carbocycles. The lowest BCUT2D eigenvalue weighted by Crippen LogP contribution is -2.55. The van der Waals surface area contributed by atoms with Crippen molar-refractivity contribution in [3.8, 4) is 0 Å². The van der Waals surface area contributed by atoms with Crippen molar-refractivity contribution in [2.45, 2.75) is 64.6 Å². The summed E-state index contributed by atoms with van der Waals surface area (Å²) in [6, 6.07) is 2.20. The zero-order valence-electron chi connectivity index (χ0n) is 14.8. The highest BCUT2D eigenvalue weighted by Gasteiger charge is 2.35. The summed E-state index contributed by atoms with van der Waals surface area (Å²) >= 11 is 0. The second-order valence-corrected chi connectivity index (χ2v) is 8.06. The number of carboxylic acids is 1. The predicted octanol–water partition coefficient (Wildman–Crippen LogP) is 2.83. The molecule has 1 saturated heterocycles. The number of rotatable bonds is 4. The van der Waals surface area contributed by atoms with Crippen LogP contribution >= 0.6 is 0 Å². The van der Waals surface area contributed by atoms with Crippen molar-refractivity contribution in [2.75, 3.05) is 13.2 Å². The maximum atomic E-state index is 10.9. The Hall–Kier alpha value is -1.46. The molecule has 1 aromatic rings. The van der Waals surface area contributed by atoms with E-state index in [9.17, 15) is 4.79 Å². The fraction of sp³-hybridized carbons (Fsp3) is 0.667. The quantitative estimate of drug-likeness (QED) is 0.924. The number of ether oxygens (including phenoxy) is 1. The van der Waals surface area contributed by atoms with Gasteiger partial charge in [-0.05, 0) is 30.4 Å². The number of hydrogen-bond acceptors (Lipinski definition) is 4. The highest BCUT2D eigenvalue weighted by atomic mass is 16.5.